The molecule has 0 saturated carbocycles. The van der Waals surface area contributed by atoms with E-state index in [1.54, 1.807) is 20.8 Å². The molecule has 5 heteroatoms. The minimum Gasteiger partial charge on any atom is -0.480 e. The summed E-state index contributed by atoms with van der Waals surface area (Å²) in [6, 6.07) is 8.40. The lowest BCUT2D eigenvalue weighted by Crippen LogP contribution is -2.45. The average molecular weight is 289 g/mol. The Kier molecular flexibility index (Phi) is 4.31. The number of carbonyl (C=O) groups is 2. The van der Waals surface area contributed by atoms with Crippen LogP contribution < -0.4 is 5.32 Å². The highest BCUT2D eigenvalue weighted by Crippen LogP contribution is 2.25. The molecule has 0 aliphatic rings. The fraction of sp³-hybridized carbons (Fsp3) is 0.375. The molecule has 1 heterocycles. The summed E-state index contributed by atoms with van der Waals surface area (Å²) >= 11 is 0. The van der Waals surface area contributed by atoms with Crippen molar-refractivity contribution in [3.63, 3.8) is 0 Å². The summed E-state index contributed by atoms with van der Waals surface area (Å²) in [7, 11) is 0. The first-order valence-electron chi connectivity index (χ1n) is 6.91. The number of fused-ring (bicyclic) bond motifs is 1. The molecular weight excluding hydrogens is 270 g/mol. The van der Waals surface area contributed by atoms with Crippen LogP contribution in [0.15, 0.2) is 34.7 Å². The molecule has 0 aliphatic carbocycles. The number of carboxylic acids is 1. The molecule has 2 rings (SSSR count). The Labute approximate surface area is 122 Å². The summed E-state index contributed by atoms with van der Waals surface area (Å²) in [4.78, 5) is 23.3. The summed E-state index contributed by atoms with van der Waals surface area (Å²) in [5.41, 5.74) is 0.714. The van der Waals surface area contributed by atoms with Crippen LogP contribution in [0, 0.1) is 5.92 Å². The van der Waals surface area contributed by atoms with E-state index in [0.717, 1.165) is 5.39 Å². The van der Waals surface area contributed by atoms with E-state index in [0.29, 0.717) is 11.3 Å². The number of hydrogen-bond acceptors (Lipinski definition) is 3. The van der Waals surface area contributed by atoms with Gasteiger partial charge in [0.25, 0.3) is 0 Å². The van der Waals surface area contributed by atoms with Gasteiger partial charge in [-0.2, -0.15) is 0 Å². The number of carboxylic acid groups (broad SMARTS) is 1. The minimum absolute atomic E-state index is 0.186. The quantitative estimate of drug-likeness (QED) is 0.887. The Hall–Kier alpha value is -2.30. The summed E-state index contributed by atoms with van der Waals surface area (Å²) in [5, 5.41) is 12.6. The van der Waals surface area contributed by atoms with Gasteiger partial charge in [0, 0.05) is 5.39 Å². The monoisotopic (exact) mass is 289 g/mol. The Bertz CT molecular complexity index is 626. The standard InChI is InChI=1S/C16H19NO4/c1-9(2)14(16(19)20)17-15(18)10(3)13-8-11-6-4-5-7-12(11)21-13/h4-10,14H,1-3H3,(H,17,18)(H,19,20). The number of benzene rings is 1. The van der Waals surface area contributed by atoms with Crippen LogP contribution >= 0.6 is 0 Å². The van der Waals surface area contributed by atoms with E-state index in [9.17, 15) is 9.59 Å². The van der Waals surface area contributed by atoms with Gasteiger partial charge in [-0.05, 0) is 25.0 Å². The van der Waals surface area contributed by atoms with Crippen LogP contribution in [-0.4, -0.2) is 23.0 Å². The van der Waals surface area contributed by atoms with Crippen molar-refractivity contribution in [1.82, 2.24) is 5.32 Å². The van der Waals surface area contributed by atoms with Crippen molar-refractivity contribution in [1.29, 1.82) is 0 Å². The second-order valence-electron chi connectivity index (χ2n) is 5.48. The van der Waals surface area contributed by atoms with Crippen LogP contribution in [0.1, 0.15) is 32.4 Å². The first-order valence-corrected chi connectivity index (χ1v) is 6.91. The zero-order valence-electron chi connectivity index (χ0n) is 12.3. The van der Waals surface area contributed by atoms with Crippen molar-refractivity contribution in [3.05, 3.63) is 36.1 Å². The van der Waals surface area contributed by atoms with Crippen molar-refractivity contribution in [3.8, 4) is 0 Å². The minimum atomic E-state index is -1.03. The van der Waals surface area contributed by atoms with E-state index in [2.05, 4.69) is 5.32 Å². The third kappa shape index (κ3) is 3.24. The van der Waals surface area contributed by atoms with Crippen molar-refractivity contribution in [2.45, 2.75) is 32.7 Å². The van der Waals surface area contributed by atoms with Gasteiger partial charge in [0.1, 0.15) is 17.4 Å². The van der Waals surface area contributed by atoms with Gasteiger partial charge >= 0.3 is 5.97 Å². The largest absolute Gasteiger partial charge is 0.480 e. The Morgan fingerprint density at radius 3 is 2.43 bits per heavy atom. The maximum atomic E-state index is 12.2. The van der Waals surface area contributed by atoms with Gasteiger partial charge in [-0.15, -0.1) is 0 Å². The lowest BCUT2D eigenvalue weighted by Gasteiger charge is -2.19. The molecule has 5 nitrogen and oxygen atoms in total. The number of nitrogens with one attached hydrogen (secondary N) is 1. The molecule has 0 fully saturated rings. The van der Waals surface area contributed by atoms with Gasteiger partial charge in [0.2, 0.25) is 5.91 Å². The van der Waals surface area contributed by atoms with E-state index in [-0.39, 0.29) is 11.8 Å². The highest BCUT2D eigenvalue weighted by atomic mass is 16.4. The van der Waals surface area contributed by atoms with E-state index < -0.39 is 17.9 Å². The molecule has 1 aromatic carbocycles. The third-order valence-corrected chi connectivity index (χ3v) is 3.50. The number of hydrogen-bond donors (Lipinski definition) is 2. The summed E-state index contributed by atoms with van der Waals surface area (Å²) in [6.45, 7) is 5.21. The molecule has 2 N–H and O–H groups in total. The molecule has 112 valence electrons. The number of para-hydroxylation sites is 1. The topological polar surface area (TPSA) is 79.5 Å². The summed E-state index contributed by atoms with van der Waals surface area (Å²) in [5.74, 6) is -1.58. The molecule has 2 unspecified atom stereocenters. The van der Waals surface area contributed by atoms with Crippen molar-refractivity contribution in [2.24, 2.45) is 5.92 Å². The molecule has 0 bridgehead atoms. The fourth-order valence-corrected chi connectivity index (χ4v) is 2.14. The highest BCUT2D eigenvalue weighted by molar-refractivity contribution is 5.88. The van der Waals surface area contributed by atoms with Gasteiger partial charge in [0.15, 0.2) is 0 Å². The van der Waals surface area contributed by atoms with Gasteiger partial charge in [-0.25, -0.2) is 4.79 Å². The molecule has 21 heavy (non-hydrogen) atoms. The lowest BCUT2D eigenvalue weighted by molar-refractivity contribution is -0.143. The van der Waals surface area contributed by atoms with Crippen molar-refractivity contribution in [2.75, 3.05) is 0 Å². The SMILES string of the molecule is CC(C(=O)NC(C(=O)O)C(C)C)c1cc2ccccc2o1. The highest BCUT2D eigenvalue weighted by Gasteiger charge is 2.27. The Morgan fingerprint density at radius 2 is 1.86 bits per heavy atom. The van der Waals surface area contributed by atoms with Crippen LogP contribution in [0.3, 0.4) is 0 Å². The molecule has 0 aliphatic heterocycles. The third-order valence-electron chi connectivity index (χ3n) is 3.50. The molecule has 2 aromatic rings. The first-order chi connectivity index (χ1) is 9.90. The van der Waals surface area contributed by atoms with Crippen LogP contribution in [0.2, 0.25) is 0 Å². The maximum Gasteiger partial charge on any atom is 0.326 e. The van der Waals surface area contributed by atoms with Gasteiger partial charge in [-0.3, -0.25) is 4.79 Å². The van der Waals surface area contributed by atoms with E-state index in [4.69, 9.17) is 9.52 Å². The average Bonchev–Trinajstić information content (AvgIpc) is 2.86. The van der Waals surface area contributed by atoms with E-state index in [1.807, 2.05) is 30.3 Å². The molecule has 0 radical (unpaired) electrons. The van der Waals surface area contributed by atoms with Gasteiger partial charge in [0.05, 0.1) is 5.92 Å². The Morgan fingerprint density at radius 1 is 1.19 bits per heavy atom. The molecule has 0 spiro atoms. The number of furan rings is 1. The van der Waals surface area contributed by atoms with Crippen molar-refractivity contribution >= 4 is 22.8 Å². The molecule has 1 aromatic heterocycles. The van der Waals surface area contributed by atoms with E-state index in [1.165, 1.54) is 0 Å². The van der Waals surface area contributed by atoms with Crippen LogP contribution in [0.5, 0.6) is 0 Å². The van der Waals surface area contributed by atoms with Crippen LogP contribution in [0.4, 0.5) is 0 Å². The van der Waals surface area contributed by atoms with Crippen molar-refractivity contribution < 1.29 is 19.1 Å². The molecule has 0 saturated heterocycles. The molecular formula is C16H19NO4. The molecule has 1 amide bonds. The first kappa shape index (κ1) is 15.1. The normalized spacial score (nSPS) is 14.1. The smallest absolute Gasteiger partial charge is 0.326 e. The predicted octanol–water partition coefficient (Wildman–Crippen LogP) is 2.76. The number of aliphatic carboxylic acids is 1. The lowest BCUT2D eigenvalue weighted by atomic mass is 10.0. The fourth-order valence-electron chi connectivity index (χ4n) is 2.14. The zero-order chi connectivity index (χ0) is 15.6. The number of amides is 1. The van der Waals surface area contributed by atoms with Crippen LogP contribution in [0.25, 0.3) is 11.0 Å². The Balaban J connectivity index is 2.16. The zero-order valence-corrected chi connectivity index (χ0v) is 12.3. The number of rotatable bonds is 5. The summed E-state index contributed by atoms with van der Waals surface area (Å²) in [6.07, 6.45) is 0. The predicted molar refractivity (Wildman–Crippen MR) is 79.0 cm³/mol. The van der Waals surface area contributed by atoms with Gasteiger partial charge < -0.3 is 14.8 Å². The van der Waals surface area contributed by atoms with Crippen LogP contribution in [-0.2, 0) is 9.59 Å². The summed E-state index contributed by atoms with van der Waals surface area (Å²) < 4.78 is 5.65. The molecule has 2 atom stereocenters. The maximum absolute atomic E-state index is 12.2. The van der Waals surface area contributed by atoms with Gasteiger partial charge in [-0.1, -0.05) is 32.0 Å². The second kappa shape index (κ2) is 5.99. The second-order valence-corrected chi connectivity index (χ2v) is 5.48. The number of carbonyl (C=O) groups excluding carboxylic acids is 1. The van der Waals surface area contributed by atoms with E-state index >= 15 is 0 Å².